The van der Waals surface area contributed by atoms with E-state index in [4.69, 9.17) is 9.47 Å². The molecule has 4 nitrogen and oxygen atoms in total. The lowest BCUT2D eigenvalue weighted by atomic mass is 10.2. The molecule has 0 heterocycles. The van der Waals surface area contributed by atoms with Gasteiger partial charge in [0.25, 0.3) is 0 Å². The van der Waals surface area contributed by atoms with Crippen LogP contribution in [0.1, 0.15) is 11.1 Å². The lowest BCUT2D eigenvalue weighted by Gasteiger charge is -2.10. The Kier molecular flexibility index (Phi) is 6.06. The number of ether oxygens (including phenoxy) is 2. The minimum Gasteiger partial charge on any atom is -0.508 e. The summed E-state index contributed by atoms with van der Waals surface area (Å²) in [6.07, 6.45) is 0. The highest BCUT2D eigenvalue weighted by Gasteiger charge is 2.00. The maximum Gasteiger partial charge on any atom is 0.120 e. The summed E-state index contributed by atoms with van der Waals surface area (Å²) in [5, 5.41) is 13.0. The van der Waals surface area contributed by atoms with E-state index in [1.807, 2.05) is 42.5 Å². The van der Waals surface area contributed by atoms with Gasteiger partial charge in [0, 0.05) is 24.9 Å². The molecule has 0 aliphatic rings. The molecule has 2 rings (SSSR count). The largest absolute Gasteiger partial charge is 0.508 e. The van der Waals surface area contributed by atoms with Gasteiger partial charge in [0.15, 0.2) is 0 Å². The predicted octanol–water partition coefficient (Wildman–Crippen LogP) is 3.17. The van der Waals surface area contributed by atoms with Gasteiger partial charge in [-0.2, -0.15) is 0 Å². The third-order valence-corrected chi connectivity index (χ3v) is 3.10. The van der Waals surface area contributed by atoms with Gasteiger partial charge in [-0.05, 0) is 23.8 Å². The Morgan fingerprint density at radius 2 is 1.90 bits per heavy atom. The van der Waals surface area contributed by atoms with Gasteiger partial charge >= 0.3 is 0 Å². The van der Waals surface area contributed by atoms with Crippen LogP contribution in [0.4, 0.5) is 5.69 Å². The minimum absolute atomic E-state index is 0.309. The summed E-state index contributed by atoms with van der Waals surface area (Å²) < 4.78 is 10.4. The summed E-state index contributed by atoms with van der Waals surface area (Å²) >= 11 is 0. The summed E-state index contributed by atoms with van der Waals surface area (Å²) in [7, 11) is 1.66. The van der Waals surface area contributed by atoms with E-state index < -0.39 is 0 Å². The molecule has 21 heavy (non-hydrogen) atoms. The van der Waals surface area contributed by atoms with Crippen molar-refractivity contribution in [2.75, 3.05) is 25.6 Å². The maximum absolute atomic E-state index is 9.74. The van der Waals surface area contributed by atoms with Crippen molar-refractivity contribution in [1.29, 1.82) is 0 Å². The summed E-state index contributed by atoms with van der Waals surface area (Å²) in [5.74, 6) is 0.309. The number of hydrogen-bond acceptors (Lipinski definition) is 4. The molecular formula is C17H21NO3. The van der Waals surface area contributed by atoms with Crippen LogP contribution >= 0.6 is 0 Å². The molecule has 0 unspecified atom stereocenters. The van der Waals surface area contributed by atoms with Crippen molar-refractivity contribution >= 4 is 5.69 Å². The van der Waals surface area contributed by atoms with Crippen molar-refractivity contribution in [2.45, 2.75) is 13.2 Å². The van der Waals surface area contributed by atoms with E-state index >= 15 is 0 Å². The maximum atomic E-state index is 9.74. The van der Waals surface area contributed by atoms with Crippen LogP contribution in [0.5, 0.6) is 5.75 Å². The Morgan fingerprint density at radius 3 is 2.71 bits per heavy atom. The van der Waals surface area contributed by atoms with Crippen LogP contribution in [0, 0.1) is 0 Å². The summed E-state index contributed by atoms with van der Waals surface area (Å²) in [5.41, 5.74) is 2.98. The highest BCUT2D eigenvalue weighted by atomic mass is 16.5. The van der Waals surface area contributed by atoms with E-state index in [0.717, 1.165) is 16.8 Å². The highest BCUT2D eigenvalue weighted by Crippen LogP contribution is 2.18. The fourth-order valence-corrected chi connectivity index (χ4v) is 1.96. The second-order valence-corrected chi connectivity index (χ2v) is 4.73. The Labute approximate surface area is 125 Å². The molecule has 0 aliphatic heterocycles. The molecule has 0 radical (unpaired) electrons. The standard InChI is InChI=1S/C17H21NO3/c1-20-9-10-21-13-14-5-4-7-16(11-14)18-12-15-6-2-3-8-17(15)19/h2-8,11,18-19H,9-10,12-13H2,1H3. The molecule has 0 saturated carbocycles. The zero-order valence-corrected chi connectivity index (χ0v) is 12.2. The minimum atomic E-state index is 0.309. The number of para-hydroxylation sites is 1. The van der Waals surface area contributed by atoms with Crippen LogP contribution in [0.15, 0.2) is 48.5 Å². The van der Waals surface area contributed by atoms with E-state index in [1.54, 1.807) is 13.2 Å². The van der Waals surface area contributed by atoms with E-state index in [-0.39, 0.29) is 0 Å². The number of phenols is 1. The van der Waals surface area contributed by atoms with Crippen LogP contribution in [0.2, 0.25) is 0 Å². The van der Waals surface area contributed by atoms with Crippen molar-refractivity contribution in [2.24, 2.45) is 0 Å². The van der Waals surface area contributed by atoms with Gasteiger partial charge in [-0.1, -0.05) is 30.3 Å². The first-order valence-corrected chi connectivity index (χ1v) is 6.96. The number of methoxy groups -OCH3 is 1. The molecule has 0 spiro atoms. The molecule has 0 saturated heterocycles. The van der Waals surface area contributed by atoms with Gasteiger partial charge in [0.2, 0.25) is 0 Å². The van der Waals surface area contributed by atoms with Gasteiger partial charge in [0.1, 0.15) is 5.75 Å². The molecule has 0 aliphatic carbocycles. The average molecular weight is 287 g/mol. The van der Waals surface area contributed by atoms with Crippen LogP contribution in [0.3, 0.4) is 0 Å². The third kappa shape index (κ3) is 5.10. The topological polar surface area (TPSA) is 50.7 Å². The quantitative estimate of drug-likeness (QED) is 0.732. The van der Waals surface area contributed by atoms with E-state index in [2.05, 4.69) is 5.32 Å². The molecule has 112 valence electrons. The number of rotatable bonds is 8. The van der Waals surface area contributed by atoms with Crippen molar-refractivity contribution < 1.29 is 14.6 Å². The number of hydrogen-bond donors (Lipinski definition) is 2. The molecule has 0 bridgehead atoms. The van der Waals surface area contributed by atoms with Crippen molar-refractivity contribution in [3.63, 3.8) is 0 Å². The molecule has 2 aromatic rings. The van der Waals surface area contributed by atoms with E-state index in [1.165, 1.54) is 0 Å². The number of benzene rings is 2. The SMILES string of the molecule is COCCOCc1cccc(NCc2ccccc2O)c1. The fourth-order valence-electron chi connectivity index (χ4n) is 1.96. The molecule has 0 fully saturated rings. The Hall–Kier alpha value is -2.04. The predicted molar refractivity (Wildman–Crippen MR) is 83.4 cm³/mol. The number of phenolic OH excluding ortho intramolecular Hbond substituents is 1. The molecule has 2 aromatic carbocycles. The first-order valence-electron chi connectivity index (χ1n) is 6.96. The monoisotopic (exact) mass is 287 g/mol. The lowest BCUT2D eigenvalue weighted by molar-refractivity contribution is 0.0617. The second-order valence-electron chi connectivity index (χ2n) is 4.73. The first kappa shape index (κ1) is 15.4. The van der Waals surface area contributed by atoms with E-state index in [9.17, 15) is 5.11 Å². The van der Waals surface area contributed by atoms with Crippen LogP contribution in [0.25, 0.3) is 0 Å². The number of anilines is 1. The van der Waals surface area contributed by atoms with Crippen molar-refractivity contribution in [1.82, 2.24) is 0 Å². The molecular weight excluding hydrogens is 266 g/mol. The second kappa shape index (κ2) is 8.29. The number of aromatic hydroxyl groups is 1. The lowest BCUT2D eigenvalue weighted by Crippen LogP contribution is -2.03. The highest BCUT2D eigenvalue weighted by molar-refractivity contribution is 5.47. The summed E-state index contributed by atoms with van der Waals surface area (Å²) in [6, 6.07) is 15.4. The fraction of sp³-hybridized carbons (Fsp3) is 0.294. The van der Waals surface area contributed by atoms with Gasteiger partial charge in [-0.25, -0.2) is 0 Å². The Bertz CT molecular complexity index is 557. The first-order chi connectivity index (χ1) is 10.3. The zero-order chi connectivity index (χ0) is 14.9. The smallest absolute Gasteiger partial charge is 0.120 e. The van der Waals surface area contributed by atoms with Gasteiger partial charge in [0.05, 0.1) is 19.8 Å². The van der Waals surface area contributed by atoms with Crippen molar-refractivity contribution in [3.8, 4) is 5.75 Å². The third-order valence-electron chi connectivity index (χ3n) is 3.10. The van der Waals surface area contributed by atoms with Crippen LogP contribution in [-0.4, -0.2) is 25.4 Å². The molecule has 0 amide bonds. The Balaban J connectivity index is 1.87. The molecule has 2 N–H and O–H groups in total. The van der Waals surface area contributed by atoms with Crippen LogP contribution < -0.4 is 5.32 Å². The Morgan fingerprint density at radius 1 is 1.05 bits per heavy atom. The molecule has 4 heteroatoms. The van der Waals surface area contributed by atoms with E-state index in [0.29, 0.717) is 32.1 Å². The molecule has 0 atom stereocenters. The zero-order valence-electron chi connectivity index (χ0n) is 12.2. The van der Waals surface area contributed by atoms with Gasteiger partial charge in [-0.3, -0.25) is 0 Å². The summed E-state index contributed by atoms with van der Waals surface area (Å²) in [6.45, 7) is 2.34. The normalized spacial score (nSPS) is 10.5. The van der Waals surface area contributed by atoms with Crippen LogP contribution in [-0.2, 0) is 22.6 Å². The average Bonchev–Trinajstić information content (AvgIpc) is 2.51. The van der Waals surface area contributed by atoms with Gasteiger partial charge < -0.3 is 19.9 Å². The van der Waals surface area contributed by atoms with Crippen molar-refractivity contribution in [3.05, 3.63) is 59.7 Å². The number of nitrogens with one attached hydrogen (secondary N) is 1. The summed E-state index contributed by atoms with van der Waals surface area (Å²) in [4.78, 5) is 0. The van der Waals surface area contributed by atoms with Gasteiger partial charge in [-0.15, -0.1) is 0 Å². The molecule has 0 aromatic heterocycles.